The fourth-order valence-electron chi connectivity index (χ4n) is 6.46. The number of nitrogens with one attached hydrogen (secondary N) is 2. The Labute approximate surface area is 347 Å². The second kappa shape index (κ2) is 15.4. The van der Waals surface area contributed by atoms with Gasteiger partial charge < -0.3 is 28.3 Å². The van der Waals surface area contributed by atoms with Crippen molar-refractivity contribution in [2.24, 2.45) is 0 Å². The highest BCUT2D eigenvalue weighted by Crippen LogP contribution is 2.31. The zero-order valence-corrected chi connectivity index (χ0v) is 32.8. The number of hydrogen-bond donors (Lipinski definition) is 2. The maximum absolute atomic E-state index is 13.0. The van der Waals surface area contributed by atoms with Crippen LogP contribution in [0.4, 0.5) is 11.4 Å². The van der Waals surface area contributed by atoms with Crippen LogP contribution in [0.1, 0.15) is 23.5 Å². The van der Waals surface area contributed by atoms with Crippen LogP contribution < -0.4 is 21.9 Å². The van der Waals surface area contributed by atoms with Crippen molar-refractivity contribution in [3.8, 4) is 22.9 Å². The first-order chi connectivity index (χ1) is 28.2. The summed E-state index contributed by atoms with van der Waals surface area (Å²) in [6, 6.07) is 39.2. The summed E-state index contributed by atoms with van der Waals surface area (Å²) >= 11 is 23.8. The lowest BCUT2D eigenvalue weighted by atomic mass is 10.1. The van der Waals surface area contributed by atoms with Gasteiger partial charge in [0.1, 0.15) is 16.7 Å². The van der Waals surface area contributed by atoms with Crippen molar-refractivity contribution in [2.45, 2.75) is 12.3 Å². The Hall–Kier alpha value is -6.58. The van der Waals surface area contributed by atoms with E-state index in [2.05, 4.69) is 15.7 Å². The highest BCUT2D eigenvalue weighted by atomic mass is 35.5. The minimum atomic E-state index is -0.682. The van der Waals surface area contributed by atoms with Gasteiger partial charge in [-0.15, -0.1) is 10.2 Å². The summed E-state index contributed by atoms with van der Waals surface area (Å²) in [4.78, 5) is 25.5. The Balaban J connectivity index is 1.04. The summed E-state index contributed by atoms with van der Waals surface area (Å²) in [6.45, 7) is 0. The van der Waals surface area contributed by atoms with Crippen molar-refractivity contribution in [2.75, 3.05) is 10.6 Å². The zero-order chi connectivity index (χ0) is 39.9. The first-order valence-electron chi connectivity index (χ1n) is 17.6. The molecule has 0 fully saturated rings. The summed E-state index contributed by atoms with van der Waals surface area (Å²) in [7, 11) is 0. The van der Waals surface area contributed by atoms with Gasteiger partial charge in [0, 0.05) is 38.3 Å². The van der Waals surface area contributed by atoms with Crippen LogP contribution in [0.2, 0.25) is 10.0 Å². The van der Waals surface area contributed by atoms with Crippen LogP contribution in [0, 0.1) is 9.67 Å². The molecule has 0 spiro atoms. The molecule has 58 heavy (non-hydrogen) atoms. The smallest absolute Gasteiger partial charge is 0.349 e. The lowest BCUT2D eigenvalue weighted by Gasteiger charge is -2.22. The predicted octanol–water partition coefficient (Wildman–Crippen LogP) is 10.9. The van der Waals surface area contributed by atoms with Gasteiger partial charge in [-0.2, -0.15) is 9.36 Å². The number of fused-ring (bicyclic) bond motifs is 2. The van der Waals surface area contributed by atoms with Crippen LogP contribution in [-0.2, 0) is 0 Å². The minimum Gasteiger partial charge on any atom is -0.423 e. The van der Waals surface area contributed by atoms with Crippen molar-refractivity contribution < 1.29 is 17.7 Å². The monoisotopic (exact) mass is 844 g/mol. The lowest BCUT2D eigenvalue weighted by molar-refractivity contribution is 0.494. The van der Waals surface area contributed by atoms with Gasteiger partial charge in [0.25, 0.3) is 15.6 Å². The Morgan fingerprint density at radius 2 is 1.05 bits per heavy atom. The van der Waals surface area contributed by atoms with E-state index < -0.39 is 23.6 Å². The molecule has 12 nitrogen and oxygen atoms in total. The van der Waals surface area contributed by atoms with Crippen molar-refractivity contribution in [3.05, 3.63) is 185 Å². The number of anilines is 2. The summed E-state index contributed by atoms with van der Waals surface area (Å²) in [6.07, 6.45) is -1.34. The lowest BCUT2D eigenvalue weighted by Crippen LogP contribution is -2.22. The SMILES string of the molecule is O=c1cc(-c2nn(C(Nc3ccc(NC(c4ccc(Cl)cc4)n4nc(-c5cc6ccccc6oc5=O)oc4=S)cc3)c3ccc(Cl)cc3)c(=S)o2)c2ccccc2o1. The van der Waals surface area contributed by atoms with Crippen molar-refractivity contribution in [3.63, 3.8) is 0 Å². The van der Waals surface area contributed by atoms with Crippen molar-refractivity contribution in [1.82, 2.24) is 19.6 Å². The summed E-state index contributed by atoms with van der Waals surface area (Å²) in [5.41, 5.74) is 3.19. The topological polar surface area (TPSA) is 146 Å². The molecule has 2 atom stereocenters. The molecule has 4 heterocycles. The fraction of sp³-hybridized carbons (Fsp3) is 0.0476. The van der Waals surface area contributed by atoms with E-state index in [9.17, 15) is 9.59 Å². The van der Waals surface area contributed by atoms with Gasteiger partial charge >= 0.3 is 11.3 Å². The fourth-order valence-corrected chi connectivity index (χ4v) is 7.16. The van der Waals surface area contributed by atoms with Crippen molar-refractivity contribution >= 4 is 81.0 Å². The molecule has 2 N–H and O–H groups in total. The molecule has 0 radical (unpaired) electrons. The van der Waals surface area contributed by atoms with Crippen LogP contribution in [0.3, 0.4) is 0 Å². The van der Waals surface area contributed by atoms with Crippen LogP contribution in [0.15, 0.2) is 161 Å². The molecule has 0 saturated heterocycles. The van der Waals surface area contributed by atoms with Gasteiger partial charge in [-0.3, -0.25) is 0 Å². The van der Waals surface area contributed by atoms with E-state index in [4.69, 9.17) is 70.4 Å². The third-order valence-electron chi connectivity index (χ3n) is 9.24. The van der Waals surface area contributed by atoms with E-state index in [1.807, 2.05) is 72.8 Å². The van der Waals surface area contributed by atoms with Gasteiger partial charge in [-0.05, 0) is 102 Å². The first kappa shape index (κ1) is 37.0. The quantitative estimate of drug-likeness (QED) is 0.0997. The highest BCUT2D eigenvalue weighted by Gasteiger charge is 2.24. The molecular formula is C42H26Cl2N6O6S2. The maximum atomic E-state index is 13.0. The molecule has 5 aromatic carbocycles. The number of halogens is 2. The molecule has 0 saturated carbocycles. The summed E-state index contributed by atoms with van der Waals surface area (Å²) in [5, 5.41) is 18.8. The number of rotatable bonds is 10. The van der Waals surface area contributed by atoms with Crippen LogP contribution in [0.25, 0.3) is 44.8 Å². The summed E-state index contributed by atoms with van der Waals surface area (Å²) < 4.78 is 25.8. The Morgan fingerprint density at radius 1 is 0.552 bits per heavy atom. The molecule has 0 aliphatic carbocycles. The molecule has 0 aliphatic heterocycles. The first-order valence-corrected chi connectivity index (χ1v) is 19.1. The van der Waals surface area contributed by atoms with Gasteiger partial charge in [0.2, 0.25) is 5.89 Å². The predicted molar refractivity (Wildman–Crippen MR) is 226 cm³/mol. The van der Waals surface area contributed by atoms with E-state index in [-0.39, 0.29) is 27.0 Å². The van der Waals surface area contributed by atoms with Gasteiger partial charge in [0.05, 0.1) is 5.56 Å². The maximum Gasteiger partial charge on any atom is 0.349 e. The Kier molecular flexibility index (Phi) is 9.83. The third-order valence-corrected chi connectivity index (χ3v) is 10.3. The van der Waals surface area contributed by atoms with E-state index in [1.165, 1.54) is 15.4 Å². The highest BCUT2D eigenvalue weighted by molar-refractivity contribution is 7.71. The molecule has 4 aromatic heterocycles. The molecule has 16 heteroatoms. The van der Waals surface area contributed by atoms with Gasteiger partial charge in [-0.1, -0.05) is 83.9 Å². The van der Waals surface area contributed by atoms with Crippen LogP contribution >= 0.6 is 47.6 Å². The molecule has 0 aliphatic rings. The molecule has 9 aromatic rings. The Morgan fingerprint density at radius 3 is 1.62 bits per heavy atom. The van der Waals surface area contributed by atoms with Gasteiger partial charge in [0.15, 0.2) is 12.3 Å². The number of hydrogen-bond acceptors (Lipinski definition) is 12. The largest absolute Gasteiger partial charge is 0.423 e. The van der Waals surface area contributed by atoms with E-state index in [0.717, 1.165) is 11.1 Å². The third kappa shape index (κ3) is 7.37. The van der Waals surface area contributed by atoms with E-state index >= 15 is 0 Å². The van der Waals surface area contributed by atoms with E-state index in [0.29, 0.717) is 48.9 Å². The second-order valence-electron chi connectivity index (χ2n) is 13.0. The average molecular weight is 846 g/mol. The second-order valence-corrected chi connectivity index (χ2v) is 14.5. The Bertz CT molecular complexity index is 3210. The van der Waals surface area contributed by atoms with Crippen LogP contribution in [-0.4, -0.2) is 19.6 Å². The molecular weight excluding hydrogens is 820 g/mol. The number of nitrogens with zero attached hydrogens (tertiary/aromatic N) is 4. The van der Waals surface area contributed by atoms with E-state index in [1.54, 1.807) is 54.6 Å². The molecule has 9 rings (SSSR count). The van der Waals surface area contributed by atoms with Gasteiger partial charge in [-0.25, -0.2) is 9.59 Å². The van der Waals surface area contributed by atoms with Crippen molar-refractivity contribution in [1.29, 1.82) is 0 Å². The minimum absolute atomic E-state index is 0.0107. The van der Waals surface area contributed by atoms with Crippen LogP contribution in [0.5, 0.6) is 0 Å². The number of para-hydroxylation sites is 2. The zero-order valence-electron chi connectivity index (χ0n) is 29.7. The molecule has 0 amide bonds. The average Bonchev–Trinajstić information content (AvgIpc) is 3.81. The standard InChI is InChI=1S/C42H26Cl2N6O6S2/c43-26-13-9-23(10-14-26)36(49-41(57)55-38(47-49)31-22-35(51)53-34-8-4-2-6-30(31)34)45-28-17-19-29(20-18-28)46-37(24-11-15-27(44)16-12-24)50-42(58)56-39(48-50)32-21-25-5-1-3-7-33(25)54-40(32)52/h1-22,36-37,45-46H. The molecule has 0 bridgehead atoms. The summed E-state index contributed by atoms with van der Waals surface area (Å²) in [5.74, 6) is 0.162. The number of benzene rings is 5. The normalized spacial score (nSPS) is 12.4. The molecule has 2 unspecified atom stereocenters. The molecule has 286 valence electrons. The number of aromatic nitrogens is 4.